The van der Waals surface area contributed by atoms with E-state index in [1.807, 2.05) is 0 Å². The highest BCUT2D eigenvalue weighted by Gasteiger charge is 2.33. The van der Waals surface area contributed by atoms with Gasteiger partial charge < -0.3 is 14.6 Å². The Bertz CT molecular complexity index is 538. The number of aromatic hydroxyl groups is 1. The molecule has 0 heterocycles. The highest BCUT2D eigenvalue weighted by molar-refractivity contribution is 5.73. The summed E-state index contributed by atoms with van der Waals surface area (Å²) in [7, 11) is 1.49. The molecule has 1 N–H and O–H groups in total. The van der Waals surface area contributed by atoms with Crippen LogP contribution in [0, 0.1) is 17.8 Å². The second-order valence-electron chi connectivity index (χ2n) is 7.04. The van der Waals surface area contributed by atoms with Crippen molar-refractivity contribution in [3.8, 4) is 11.5 Å². The Hall–Kier alpha value is -1.71. The number of methoxy groups -OCH3 is 1. The number of phenolic OH excluding ortho intramolecular Hbond substituents is 1. The van der Waals surface area contributed by atoms with E-state index in [1.54, 1.807) is 18.2 Å². The molecule has 4 nitrogen and oxygen atoms in total. The first-order valence-electron chi connectivity index (χ1n) is 8.46. The molecule has 3 atom stereocenters. The van der Waals surface area contributed by atoms with Crippen molar-refractivity contribution in [3.63, 3.8) is 0 Å². The van der Waals surface area contributed by atoms with Crippen molar-refractivity contribution in [2.75, 3.05) is 7.11 Å². The molecule has 0 aliphatic heterocycles. The van der Waals surface area contributed by atoms with Crippen LogP contribution < -0.4 is 4.74 Å². The molecule has 0 amide bonds. The predicted octanol–water partition coefficient (Wildman–Crippen LogP) is 3.95. The molecule has 1 aliphatic rings. The molecule has 1 fully saturated rings. The average molecular weight is 320 g/mol. The summed E-state index contributed by atoms with van der Waals surface area (Å²) in [5.74, 6) is 1.82. The first-order chi connectivity index (χ1) is 10.9. The number of hydrogen-bond acceptors (Lipinski definition) is 4. The molecule has 0 saturated heterocycles. The maximum Gasteiger partial charge on any atom is 0.310 e. The van der Waals surface area contributed by atoms with Crippen LogP contribution in [0.4, 0.5) is 0 Å². The van der Waals surface area contributed by atoms with Crippen LogP contribution in [0.15, 0.2) is 18.2 Å². The van der Waals surface area contributed by atoms with Crippen molar-refractivity contribution < 1.29 is 19.4 Å². The highest BCUT2D eigenvalue weighted by Crippen LogP contribution is 2.35. The Kier molecular flexibility index (Phi) is 5.91. The van der Waals surface area contributed by atoms with E-state index in [1.165, 1.54) is 13.5 Å². The zero-order valence-corrected chi connectivity index (χ0v) is 14.5. The average Bonchev–Trinajstić information content (AvgIpc) is 2.48. The number of esters is 1. The fourth-order valence-corrected chi connectivity index (χ4v) is 3.46. The number of hydrogen-bond donors (Lipinski definition) is 1. The standard InChI is InChI=1S/C19H28O4/c1-12(2)15-7-5-13(3)9-17(15)23-19(21)11-14-6-8-16(20)18(10-14)22-4/h6,8,10,12-13,15,17,20H,5,7,9,11H2,1-4H3. The molecular formula is C19H28O4. The molecule has 1 aromatic carbocycles. The Balaban J connectivity index is 2.00. The van der Waals surface area contributed by atoms with E-state index in [2.05, 4.69) is 20.8 Å². The first kappa shape index (κ1) is 17.6. The molecule has 4 heteroatoms. The molecule has 0 spiro atoms. The van der Waals surface area contributed by atoms with E-state index < -0.39 is 0 Å². The summed E-state index contributed by atoms with van der Waals surface area (Å²) in [5.41, 5.74) is 0.787. The van der Waals surface area contributed by atoms with Gasteiger partial charge in [0, 0.05) is 0 Å². The molecule has 23 heavy (non-hydrogen) atoms. The van der Waals surface area contributed by atoms with E-state index in [0.717, 1.165) is 18.4 Å². The van der Waals surface area contributed by atoms with Crippen LogP contribution in [0.2, 0.25) is 0 Å². The summed E-state index contributed by atoms with van der Waals surface area (Å²) in [6.45, 7) is 6.63. The Morgan fingerprint density at radius 1 is 1.35 bits per heavy atom. The minimum atomic E-state index is -0.206. The number of carbonyl (C=O) groups excluding carboxylic acids is 1. The van der Waals surface area contributed by atoms with Crippen LogP contribution in [0.25, 0.3) is 0 Å². The van der Waals surface area contributed by atoms with Crippen LogP contribution in [0.5, 0.6) is 11.5 Å². The summed E-state index contributed by atoms with van der Waals surface area (Å²) in [6, 6.07) is 4.95. The SMILES string of the molecule is COc1cc(CC(=O)OC2CC(C)CCC2C(C)C)ccc1O. The Morgan fingerprint density at radius 3 is 2.74 bits per heavy atom. The number of phenols is 1. The molecule has 3 unspecified atom stereocenters. The van der Waals surface area contributed by atoms with E-state index in [-0.39, 0.29) is 24.2 Å². The molecule has 0 radical (unpaired) electrons. The molecule has 0 bridgehead atoms. The van der Waals surface area contributed by atoms with Gasteiger partial charge in [0.15, 0.2) is 11.5 Å². The Labute approximate surface area is 138 Å². The normalized spacial score (nSPS) is 24.5. The van der Waals surface area contributed by atoms with Gasteiger partial charge in [-0.2, -0.15) is 0 Å². The van der Waals surface area contributed by atoms with Crippen LogP contribution in [-0.2, 0) is 16.0 Å². The topological polar surface area (TPSA) is 55.8 Å². The van der Waals surface area contributed by atoms with Crippen molar-refractivity contribution in [2.24, 2.45) is 17.8 Å². The van der Waals surface area contributed by atoms with Gasteiger partial charge >= 0.3 is 5.97 Å². The lowest BCUT2D eigenvalue weighted by molar-refractivity contribution is -0.155. The van der Waals surface area contributed by atoms with Gasteiger partial charge in [0.2, 0.25) is 0 Å². The van der Waals surface area contributed by atoms with E-state index >= 15 is 0 Å². The van der Waals surface area contributed by atoms with Crippen molar-refractivity contribution in [2.45, 2.75) is 52.6 Å². The van der Waals surface area contributed by atoms with Gasteiger partial charge in [0.1, 0.15) is 6.10 Å². The van der Waals surface area contributed by atoms with Crippen LogP contribution in [0.1, 0.15) is 45.6 Å². The molecule has 128 valence electrons. The fourth-order valence-electron chi connectivity index (χ4n) is 3.46. The molecule has 0 aromatic heterocycles. The second kappa shape index (κ2) is 7.71. The maximum absolute atomic E-state index is 12.3. The van der Waals surface area contributed by atoms with Crippen LogP contribution in [0.3, 0.4) is 0 Å². The maximum atomic E-state index is 12.3. The number of carbonyl (C=O) groups is 1. The lowest BCUT2D eigenvalue weighted by atomic mass is 9.75. The summed E-state index contributed by atoms with van der Waals surface area (Å²) >= 11 is 0. The smallest absolute Gasteiger partial charge is 0.310 e. The zero-order chi connectivity index (χ0) is 17.0. The van der Waals surface area contributed by atoms with Gasteiger partial charge in [-0.25, -0.2) is 0 Å². The van der Waals surface area contributed by atoms with E-state index in [0.29, 0.717) is 23.5 Å². The Morgan fingerprint density at radius 2 is 2.09 bits per heavy atom. The lowest BCUT2D eigenvalue weighted by Crippen LogP contribution is -2.36. The highest BCUT2D eigenvalue weighted by atomic mass is 16.5. The van der Waals surface area contributed by atoms with Crippen molar-refractivity contribution >= 4 is 5.97 Å². The van der Waals surface area contributed by atoms with Crippen LogP contribution >= 0.6 is 0 Å². The minimum absolute atomic E-state index is 0.0188. The van der Waals surface area contributed by atoms with Gasteiger partial charge in [-0.1, -0.05) is 33.3 Å². The number of ether oxygens (including phenoxy) is 2. The number of benzene rings is 1. The summed E-state index contributed by atoms with van der Waals surface area (Å²) in [4.78, 5) is 12.3. The van der Waals surface area contributed by atoms with Gasteiger partial charge in [0.25, 0.3) is 0 Å². The van der Waals surface area contributed by atoms with E-state index in [9.17, 15) is 9.90 Å². The summed E-state index contributed by atoms with van der Waals surface area (Å²) in [5, 5.41) is 9.61. The van der Waals surface area contributed by atoms with Gasteiger partial charge in [-0.15, -0.1) is 0 Å². The second-order valence-corrected chi connectivity index (χ2v) is 7.04. The summed E-state index contributed by atoms with van der Waals surface area (Å²) < 4.78 is 10.9. The fraction of sp³-hybridized carbons (Fsp3) is 0.632. The monoisotopic (exact) mass is 320 g/mol. The first-order valence-corrected chi connectivity index (χ1v) is 8.46. The third kappa shape index (κ3) is 4.63. The van der Waals surface area contributed by atoms with Crippen molar-refractivity contribution in [1.29, 1.82) is 0 Å². The predicted molar refractivity (Wildman–Crippen MR) is 89.6 cm³/mol. The van der Waals surface area contributed by atoms with Crippen molar-refractivity contribution in [1.82, 2.24) is 0 Å². The zero-order valence-electron chi connectivity index (χ0n) is 14.5. The molecule has 1 saturated carbocycles. The third-order valence-electron chi connectivity index (χ3n) is 4.84. The summed E-state index contributed by atoms with van der Waals surface area (Å²) in [6.07, 6.45) is 3.51. The lowest BCUT2D eigenvalue weighted by Gasteiger charge is -2.36. The molecular weight excluding hydrogens is 292 g/mol. The van der Waals surface area contributed by atoms with Gasteiger partial charge in [-0.05, 0) is 48.3 Å². The van der Waals surface area contributed by atoms with Crippen LogP contribution in [-0.4, -0.2) is 24.3 Å². The van der Waals surface area contributed by atoms with Gasteiger partial charge in [-0.3, -0.25) is 4.79 Å². The molecule has 2 rings (SSSR count). The largest absolute Gasteiger partial charge is 0.504 e. The molecule has 1 aliphatic carbocycles. The quantitative estimate of drug-likeness (QED) is 0.835. The third-order valence-corrected chi connectivity index (χ3v) is 4.84. The minimum Gasteiger partial charge on any atom is -0.504 e. The molecule has 1 aromatic rings. The van der Waals surface area contributed by atoms with E-state index in [4.69, 9.17) is 9.47 Å². The van der Waals surface area contributed by atoms with Gasteiger partial charge in [0.05, 0.1) is 13.5 Å². The van der Waals surface area contributed by atoms with Crippen molar-refractivity contribution in [3.05, 3.63) is 23.8 Å². The number of rotatable bonds is 5.